The second-order valence-corrected chi connectivity index (χ2v) is 54.3. The highest BCUT2D eigenvalue weighted by atomic mass is 33.5. The van der Waals surface area contributed by atoms with Gasteiger partial charge in [-0.05, 0) is 30.3 Å². The number of hydrogen-bond acceptors (Lipinski definition) is 20. The Bertz CT molecular complexity index is 4060. The number of rotatable bonds is 9. The van der Waals surface area contributed by atoms with Crippen LogP contribution in [-0.2, 0) is 206 Å². The van der Waals surface area contributed by atoms with Gasteiger partial charge in [0.05, 0.1) is 32.0 Å². The Morgan fingerprint density at radius 1 is 0.771 bits per heavy atom. The van der Waals surface area contributed by atoms with Crippen LogP contribution in [0.2, 0.25) is 18.1 Å². The van der Waals surface area contributed by atoms with Gasteiger partial charge in [0, 0.05) is 187 Å². The number of phosphoric ester groups is 1. The first-order valence-electron chi connectivity index (χ1n) is 23.9. The number of fused-ring (bicyclic) bond motifs is 5. The van der Waals surface area contributed by atoms with E-state index in [9.17, 15) is 23.5 Å². The maximum absolute atomic E-state index is 14.7. The Balaban J connectivity index is 0.000000505. The third-order valence-corrected chi connectivity index (χ3v) is 50.9. The zero-order chi connectivity index (χ0) is 60.1. The third-order valence-electron chi connectivity index (χ3n) is 12.6. The lowest BCUT2D eigenvalue weighted by Gasteiger charge is -2.41. The number of carbonyl (C=O) groups is 2. The minimum Gasteiger partial charge on any atom is -0.407 e. The van der Waals surface area contributed by atoms with Gasteiger partial charge in [-0.25, -0.2) is 24.5 Å². The summed E-state index contributed by atoms with van der Waals surface area (Å²) < 4.78 is 83.0. The molecular formula is C40H54N10O13P2S17Si. The number of H-pyrrole nitrogens is 1. The summed E-state index contributed by atoms with van der Waals surface area (Å²) in [7, 11) is 15.2. The average molecular weight is 1520 g/mol. The Morgan fingerprint density at radius 2 is 1.34 bits per heavy atom. The van der Waals surface area contributed by atoms with Crippen molar-refractivity contribution < 1.29 is 55.2 Å². The number of ether oxygens (including phenoxy) is 2. The molecule has 0 radical (unpaired) electrons. The second-order valence-electron chi connectivity index (χ2n) is 19.2. The number of aromatic amines is 1. The normalized spacial score (nSPS) is 25.2. The molecule has 4 unspecified atom stereocenters. The molecule has 0 aliphatic carbocycles. The van der Waals surface area contributed by atoms with Gasteiger partial charge in [0.1, 0.15) is 30.7 Å². The molecular weight excluding hydrogens is 1460 g/mol. The van der Waals surface area contributed by atoms with Gasteiger partial charge in [-0.2, -0.15) is 4.98 Å². The summed E-state index contributed by atoms with van der Waals surface area (Å²) >= 11 is 9.48. The largest absolute Gasteiger partial charge is 0.475 e. The Kier molecular flexibility index (Phi) is 27.1. The molecule has 458 valence electrons. The Morgan fingerprint density at radius 3 is 1.92 bits per heavy atom. The number of imidazole rings is 2. The number of carbonyl (C=O) groups excluding carboxylic acids is 2. The van der Waals surface area contributed by atoms with Gasteiger partial charge in [-0.1, -0.05) is 59.7 Å². The molecule has 3 saturated heterocycles. The number of anilines is 2. The second kappa shape index (κ2) is 32.2. The molecule has 4 aromatic heterocycles. The third kappa shape index (κ3) is 18.9. The van der Waals surface area contributed by atoms with Crippen LogP contribution in [0.15, 0.2) is 54.1 Å². The van der Waals surface area contributed by atoms with Gasteiger partial charge in [-0.15, -0.1) is 0 Å². The molecule has 3 fully saturated rings. The molecule has 0 spiro atoms. The molecule has 83 heavy (non-hydrogen) atoms. The minimum atomic E-state index is -4.53. The lowest BCUT2D eigenvalue weighted by Crippen LogP contribution is -2.49. The smallest absolute Gasteiger partial charge is 0.407 e. The average Bonchev–Trinajstić information content (AvgIpc) is 3.00. The molecule has 7 heterocycles. The fraction of sp³-hybridized carbons (Fsp3) is 0.550. The van der Waals surface area contributed by atoms with E-state index in [0.717, 1.165) is 0 Å². The molecule has 3 aliphatic heterocycles. The maximum atomic E-state index is 14.7. The fourth-order valence-electron chi connectivity index (χ4n) is 7.63. The van der Waals surface area contributed by atoms with E-state index in [4.69, 9.17) is 58.9 Å². The SMILES string of the molecule is COP1(=O)OC[C@H]2O[C@@H](n3cnc4c(=O)[nH]c(NC(=O)C(C)C)nc43)C(O[Si](C)(C)C(C)(C)C)[C@H]2OP(C)(=O)OC[C@H]2O[C@@H](n3cnc4c(NC(=O)c5ccccc5)ncnc43)C(O1)[C@H]2C.S=S=S=S=S=S=S=S=S=S=S=S=S=S=S=S=S. The molecule has 1 aromatic carbocycles. The van der Waals surface area contributed by atoms with Crippen molar-refractivity contribution in [2.45, 2.75) is 103 Å². The number of nitrogens with one attached hydrogen (secondary N) is 3. The standard InChI is InChI=1S/C40H54N10O13P2Si.S17/c1-21(2)34(51)47-39-46-33-27(36(53)48-39)44-20-50(33)38-30(63-66(9,10)40(4,5)6)29-25(60-38)17-58-65(55,56-7)62-28-22(3)24(16-57-64(8,54)61-29)59-37(28)49-19-43-26-31(41-18-42-32(26)49)45-35(52)23-14-12-11-13-15-23;1-3-5-7-9-11-13-15-17-16-14-12-10-8-6-4-2/h11-15,18-22,24-25,28-30,37-38H,16-17H2,1-10H3,(H,41,42,45,52)(H2,46,47,48,51,53);/t22-,24+,25+,28?,29-,30?,37+,38+,64?,65?;/m0./s1. The van der Waals surface area contributed by atoms with Crippen LogP contribution in [0.25, 0.3) is 22.3 Å². The molecule has 43 heteroatoms. The van der Waals surface area contributed by atoms with Crippen LogP contribution in [0.1, 0.15) is 64.4 Å². The predicted molar refractivity (Wildman–Crippen MR) is 365 cm³/mol. The molecule has 8 rings (SSSR count). The summed E-state index contributed by atoms with van der Waals surface area (Å²) in [5, 5.41) is 5.05. The van der Waals surface area contributed by atoms with E-state index in [1.165, 1.54) is 55.1 Å². The van der Waals surface area contributed by atoms with Gasteiger partial charge >= 0.3 is 15.4 Å². The van der Waals surface area contributed by atoms with Crippen LogP contribution in [-0.4, -0.2) is 117 Å². The number of hydrogen-bond donors (Lipinski definition) is 3. The number of aromatic nitrogens is 8. The number of amides is 2. The molecule has 23 nitrogen and oxygen atoms in total. The van der Waals surface area contributed by atoms with Crippen LogP contribution in [0, 0.1) is 11.8 Å². The van der Waals surface area contributed by atoms with E-state index >= 15 is 0 Å². The van der Waals surface area contributed by atoms with Crippen molar-refractivity contribution in [1.29, 1.82) is 0 Å². The molecule has 2 bridgehead atoms. The van der Waals surface area contributed by atoms with Gasteiger partial charge in [0.25, 0.3) is 11.5 Å². The van der Waals surface area contributed by atoms with Gasteiger partial charge < -0.3 is 23.7 Å². The summed E-state index contributed by atoms with van der Waals surface area (Å²) in [6.07, 6.45) is -3.62. The van der Waals surface area contributed by atoms with Crippen molar-refractivity contribution in [3.05, 3.63) is 65.2 Å². The van der Waals surface area contributed by atoms with Crippen LogP contribution in [0.5, 0.6) is 0 Å². The molecule has 0 saturated carbocycles. The monoisotopic (exact) mass is 1520 g/mol. The zero-order valence-corrected chi connectivity index (χ0v) is 61.7. The van der Waals surface area contributed by atoms with E-state index in [2.05, 4.69) is 40.5 Å². The highest BCUT2D eigenvalue weighted by Crippen LogP contribution is 2.57. The fourth-order valence-corrected chi connectivity index (χ4v) is 46.9. The van der Waals surface area contributed by atoms with E-state index in [1.807, 2.05) is 33.9 Å². The van der Waals surface area contributed by atoms with Crippen molar-refractivity contribution in [2.24, 2.45) is 11.8 Å². The summed E-state index contributed by atoms with van der Waals surface area (Å²) in [4.78, 5) is 63.6. The summed E-state index contributed by atoms with van der Waals surface area (Å²) in [5.74, 6) is -1.79. The summed E-state index contributed by atoms with van der Waals surface area (Å²) in [6.45, 7) is 15.8. The van der Waals surface area contributed by atoms with Crippen molar-refractivity contribution in [2.75, 3.05) is 37.6 Å². The predicted octanol–water partition coefficient (Wildman–Crippen LogP) is 5.98. The number of nitrogens with zero attached hydrogens (tertiary/aromatic N) is 7. The first kappa shape index (κ1) is 69.6. The van der Waals surface area contributed by atoms with Gasteiger partial charge in [-0.3, -0.25) is 56.5 Å². The number of phosphoric acid groups is 1. The van der Waals surface area contributed by atoms with Crippen LogP contribution < -0.4 is 16.2 Å². The lowest BCUT2D eigenvalue weighted by atomic mass is 10.0. The van der Waals surface area contributed by atoms with Crippen molar-refractivity contribution in [1.82, 2.24) is 39.0 Å². The first-order valence-corrected chi connectivity index (χ1v) is 51.6. The lowest BCUT2D eigenvalue weighted by molar-refractivity contribution is -0.118. The van der Waals surface area contributed by atoms with Crippen molar-refractivity contribution in [3.8, 4) is 0 Å². The zero-order valence-electron chi connectivity index (χ0n) is 45.0. The Labute approximate surface area is 530 Å². The highest BCUT2D eigenvalue weighted by molar-refractivity contribution is 8.77. The summed E-state index contributed by atoms with van der Waals surface area (Å²) in [6, 6.07) is 8.59. The highest BCUT2D eigenvalue weighted by Gasteiger charge is 2.56. The summed E-state index contributed by atoms with van der Waals surface area (Å²) in [5.41, 5.74) is 0.249. The number of benzene rings is 1. The van der Waals surface area contributed by atoms with Crippen molar-refractivity contribution in [3.63, 3.8) is 0 Å². The molecule has 3 N–H and O–H groups in total. The van der Waals surface area contributed by atoms with E-state index in [0.29, 0.717) is 5.56 Å². The van der Waals surface area contributed by atoms with Gasteiger partial charge in [0.15, 0.2) is 48.9 Å². The van der Waals surface area contributed by atoms with Crippen molar-refractivity contribution >= 4 is 225 Å². The first-order chi connectivity index (χ1) is 39.5. The molecule has 2 amide bonds. The van der Waals surface area contributed by atoms with E-state index in [-0.39, 0.29) is 51.6 Å². The van der Waals surface area contributed by atoms with Gasteiger partial charge in [0.2, 0.25) is 11.9 Å². The van der Waals surface area contributed by atoms with E-state index < -0.39 is 96.6 Å². The quantitative estimate of drug-likeness (QED) is 0.113. The topological polar surface area (TPSA) is 273 Å². The molecule has 5 aromatic rings. The molecule has 10 atom stereocenters. The van der Waals surface area contributed by atoms with E-state index in [1.54, 1.807) is 171 Å². The molecule has 3 aliphatic rings. The Hall–Kier alpha value is -0.843. The van der Waals surface area contributed by atoms with Crippen LogP contribution >= 0.6 is 15.4 Å². The van der Waals surface area contributed by atoms with Crippen LogP contribution in [0.4, 0.5) is 11.8 Å². The minimum absolute atomic E-state index is 0.0416. The van der Waals surface area contributed by atoms with Crippen LogP contribution in [0.3, 0.4) is 0 Å². The maximum Gasteiger partial charge on any atom is 0.475 e.